The fraction of sp³-hybridized carbons (Fsp3) is 0.750. The maximum absolute atomic E-state index is 8.81. The first-order valence-corrected chi connectivity index (χ1v) is 2.70. The van der Waals surface area contributed by atoms with E-state index >= 15 is 0 Å². The standard InChI is InChI=1S/C2H4Cl2.C2H4O/c1-2(3)4;1-2-3/h2H,1H3;2H,1H3. The molecule has 0 saturated heterocycles. The van der Waals surface area contributed by atoms with Crippen molar-refractivity contribution >= 4 is 29.5 Å². The second-order valence-corrected chi connectivity index (χ2v) is 2.29. The zero-order valence-corrected chi connectivity index (χ0v) is 5.83. The van der Waals surface area contributed by atoms with Gasteiger partial charge in [0.2, 0.25) is 0 Å². The summed E-state index contributed by atoms with van der Waals surface area (Å²) in [5.74, 6) is 0. The van der Waals surface area contributed by atoms with Crippen LogP contribution in [0.25, 0.3) is 0 Å². The molecule has 0 amide bonds. The second kappa shape index (κ2) is 9.54. The molecule has 0 unspecified atom stereocenters. The number of alkyl halides is 2. The second-order valence-electron chi connectivity index (χ2n) is 0.755. The molecule has 3 heteroatoms. The van der Waals surface area contributed by atoms with Gasteiger partial charge in [-0.2, -0.15) is 0 Å². The first kappa shape index (κ1) is 10.3. The summed E-state index contributed by atoms with van der Waals surface area (Å²) in [5.41, 5.74) is 0. The zero-order chi connectivity index (χ0) is 6.28. The van der Waals surface area contributed by atoms with E-state index in [1.807, 2.05) is 0 Å². The fourth-order valence-corrected chi connectivity index (χ4v) is 0. The number of aldehydes is 1. The average Bonchev–Trinajstić information content (AvgIpc) is 1.33. The minimum absolute atomic E-state index is 0.222. The summed E-state index contributed by atoms with van der Waals surface area (Å²) in [6, 6.07) is 0. The van der Waals surface area contributed by atoms with E-state index in [-0.39, 0.29) is 4.84 Å². The van der Waals surface area contributed by atoms with E-state index in [1.165, 1.54) is 6.92 Å². The van der Waals surface area contributed by atoms with Crippen molar-refractivity contribution < 1.29 is 4.79 Å². The van der Waals surface area contributed by atoms with Crippen LogP contribution in [0.4, 0.5) is 0 Å². The van der Waals surface area contributed by atoms with Gasteiger partial charge in [-0.15, -0.1) is 23.2 Å². The van der Waals surface area contributed by atoms with Gasteiger partial charge in [-0.25, -0.2) is 0 Å². The number of hydrogen-bond acceptors (Lipinski definition) is 1. The van der Waals surface area contributed by atoms with Gasteiger partial charge in [0.15, 0.2) is 0 Å². The predicted molar refractivity (Wildman–Crippen MR) is 32.9 cm³/mol. The molecule has 0 aromatic heterocycles. The van der Waals surface area contributed by atoms with Crippen LogP contribution in [0.2, 0.25) is 0 Å². The molecular weight excluding hydrogens is 135 g/mol. The first-order valence-electron chi connectivity index (χ1n) is 1.83. The van der Waals surface area contributed by atoms with Crippen LogP contribution in [0, 0.1) is 0 Å². The van der Waals surface area contributed by atoms with E-state index in [2.05, 4.69) is 0 Å². The summed E-state index contributed by atoms with van der Waals surface area (Å²) in [7, 11) is 0. The lowest BCUT2D eigenvalue weighted by molar-refractivity contribution is -0.106. The van der Waals surface area contributed by atoms with Crippen molar-refractivity contribution in [1.82, 2.24) is 0 Å². The third-order valence-electron chi connectivity index (χ3n) is 0. The normalized spacial score (nSPS) is 7.00. The van der Waals surface area contributed by atoms with Crippen molar-refractivity contribution in [2.24, 2.45) is 0 Å². The minimum atomic E-state index is -0.222. The lowest BCUT2D eigenvalue weighted by atomic mass is 11.0. The highest BCUT2D eigenvalue weighted by atomic mass is 35.5. The summed E-state index contributed by atoms with van der Waals surface area (Å²) in [5, 5.41) is 0. The molecule has 0 radical (unpaired) electrons. The van der Waals surface area contributed by atoms with Crippen LogP contribution in [0.3, 0.4) is 0 Å². The van der Waals surface area contributed by atoms with Crippen molar-refractivity contribution in [2.75, 3.05) is 0 Å². The average molecular weight is 143 g/mol. The van der Waals surface area contributed by atoms with Crippen molar-refractivity contribution in [3.05, 3.63) is 0 Å². The highest BCUT2D eigenvalue weighted by Crippen LogP contribution is 1.95. The number of carbonyl (C=O) groups is 1. The van der Waals surface area contributed by atoms with E-state index in [4.69, 9.17) is 28.0 Å². The molecule has 0 aromatic carbocycles. The molecule has 0 spiro atoms. The van der Waals surface area contributed by atoms with E-state index in [1.54, 1.807) is 6.92 Å². The third kappa shape index (κ3) is 1810. The molecule has 0 aliphatic heterocycles. The van der Waals surface area contributed by atoms with Crippen LogP contribution in [-0.4, -0.2) is 11.1 Å². The van der Waals surface area contributed by atoms with Gasteiger partial charge in [-0.3, -0.25) is 0 Å². The molecule has 44 valence electrons. The molecule has 0 aliphatic rings. The molecule has 0 bridgehead atoms. The van der Waals surface area contributed by atoms with Crippen molar-refractivity contribution in [2.45, 2.75) is 18.7 Å². The molecule has 0 heterocycles. The molecule has 0 rings (SSSR count). The van der Waals surface area contributed by atoms with Gasteiger partial charge in [-0.1, -0.05) is 0 Å². The molecule has 0 aliphatic carbocycles. The Bertz CT molecular complexity index is 33.9. The summed E-state index contributed by atoms with van der Waals surface area (Å²) in [4.78, 5) is 8.58. The Balaban J connectivity index is 0. The lowest BCUT2D eigenvalue weighted by Gasteiger charge is -1.72. The van der Waals surface area contributed by atoms with E-state index in [9.17, 15) is 0 Å². The summed E-state index contributed by atoms with van der Waals surface area (Å²) >= 11 is 10.1. The highest BCUT2D eigenvalue weighted by Gasteiger charge is 1.75. The van der Waals surface area contributed by atoms with Crippen LogP contribution in [-0.2, 0) is 4.79 Å². The molecular formula is C4H8Cl2O. The van der Waals surface area contributed by atoms with Gasteiger partial charge >= 0.3 is 0 Å². The minimum Gasteiger partial charge on any atom is -0.304 e. The Morgan fingerprint density at radius 2 is 1.57 bits per heavy atom. The Kier molecular flexibility index (Phi) is 14.0. The van der Waals surface area contributed by atoms with Gasteiger partial charge in [-0.05, 0) is 13.8 Å². The van der Waals surface area contributed by atoms with Gasteiger partial charge in [0.05, 0.1) is 0 Å². The maximum atomic E-state index is 8.81. The van der Waals surface area contributed by atoms with Gasteiger partial charge in [0.25, 0.3) is 0 Å². The first-order chi connectivity index (χ1) is 3.15. The van der Waals surface area contributed by atoms with Crippen LogP contribution < -0.4 is 0 Å². The Labute approximate surface area is 53.6 Å². The smallest absolute Gasteiger partial charge is 0.116 e. The van der Waals surface area contributed by atoms with Crippen LogP contribution in [0.1, 0.15) is 13.8 Å². The summed E-state index contributed by atoms with van der Waals surface area (Å²) in [6.07, 6.45) is 0.750. The number of hydrogen-bond donors (Lipinski definition) is 0. The third-order valence-corrected chi connectivity index (χ3v) is 0. The van der Waals surface area contributed by atoms with Crippen molar-refractivity contribution in [1.29, 1.82) is 0 Å². The largest absolute Gasteiger partial charge is 0.304 e. The molecule has 0 atom stereocenters. The lowest BCUT2D eigenvalue weighted by Crippen LogP contribution is -1.63. The van der Waals surface area contributed by atoms with Crippen molar-refractivity contribution in [3.63, 3.8) is 0 Å². The van der Waals surface area contributed by atoms with E-state index in [0.29, 0.717) is 0 Å². The molecule has 0 fully saturated rings. The SMILES string of the molecule is CC(Cl)Cl.CC=O. The molecule has 1 nitrogen and oxygen atoms in total. The maximum Gasteiger partial charge on any atom is 0.116 e. The van der Waals surface area contributed by atoms with Gasteiger partial charge < -0.3 is 4.79 Å². The monoisotopic (exact) mass is 142 g/mol. The predicted octanol–water partition coefficient (Wildman–Crippen LogP) is 2.02. The Hall–Kier alpha value is 0.250. The highest BCUT2D eigenvalue weighted by molar-refractivity contribution is 6.43. The molecule has 0 N–H and O–H groups in total. The molecule has 0 saturated carbocycles. The number of rotatable bonds is 0. The zero-order valence-electron chi connectivity index (χ0n) is 4.32. The molecule has 0 aromatic rings. The quantitative estimate of drug-likeness (QED) is 0.374. The Morgan fingerprint density at radius 3 is 1.57 bits per heavy atom. The van der Waals surface area contributed by atoms with Crippen LogP contribution >= 0.6 is 23.2 Å². The van der Waals surface area contributed by atoms with E-state index < -0.39 is 0 Å². The fourth-order valence-electron chi connectivity index (χ4n) is 0. The topological polar surface area (TPSA) is 17.1 Å². The Morgan fingerprint density at radius 1 is 1.57 bits per heavy atom. The van der Waals surface area contributed by atoms with Crippen LogP contribution in [0.5, 0.6) is 0 Å². The number of carbonyl (C=O) groups excluding carboxylic acids is 1. The van der Waals surface area contributed by atoms with Crippen LogP contribution in [0.15, 0.2) is 0 Å². The summed E-state index contributed by atoms with van der Waals surface area (Å²) in [6.45, 7) is 3.14. The van der Waals surface area contributed by atoms with Gasteiger partial charge in [0, 0.05) is 0 Å². The van der Waals surface area contributed by atoms with Gasteiger partial charge in [0.1, 0.15) is 11.1 Å². The summed E-state index contributed by atoms with van der Waals surface area (Å²) < 4.78 is 0. The van der Waals surface area contributed by atoms with Crippen molar-refractivity contribution in [3.8, 4) is 0 Å². The molecule has 7 heavy (non-hydrogen) atoms. The number of halogens is 2. The van der Waals surface area contributed by atoms with E-state index in [0.717, 1.165) is 6.29 Å².